The van der Waals surface area contributed by atoms with Gasteiger partial charge >= 0.3 is 6.18 Å². The number of carbonyl (C=O) groups excluding carboxylic acids is 1. The molecule has 0 spiro atoms. The van der Waals surface area contributed by atoms with Gasteiger partial charge in [-0.25, -0.2) is 9.50 Å². The Labute approximate surface area is 177 Å². The van der Waals surface area contributed by atoms with E-state index in [1.54, 1.807) is 11.0 Å². The zero-order chi connectivity index (χ0) is 22.2. The van der Waals surface area contributed by atoms with Crippen molar-refractivity contribution in [2.45, 2.75) is 52.3 Å². The summed E-state index contributed by atoms with van der Waals surface area (Å²) in [6.45, 7) is 7.17. The van der Waals surface area contributed by atoms with Crippen molar-refractivity contribution >= 4 is 11.6 Å². The summed E-state index contributed by atoms with van der Waals surface area (Å²) in [5.74, 6) is -0.129. The molecule has 5 rings (SSSR count). The van der Waals surface area contributed by atoms with Gasteiger partial charge in [0.2, 0.25) is 0 Å². The summed E-state index contributed by atoms with van der Waals surface area (Å²) >= 11 is 0. The van der Waals surface area contributed by atoms with Gasteiger partial charge in [-0.15, -0.1) is 0 Å². The molecule has 1 aliphatic carbocycles. The number of furan rings is 1. The number of hydrogen-bond acceptors (Lipinski definition) is 4. The third-order valence-electron chi connectivity index (χ3n) is 6.39. The second kappa shape index (κ2) is 6.34. The molecule has 31 heavy (non-hydrogen) atoms. The minimum Gasteiger partial charge on any atom is -0.463 e. The molecule has 1 saturated heterocycles. The Hall–Kier alpha value is -2.84. The molecular weight excluding hydrogens is 409 g/mol. The number of rotatable bonds is 2. The molecule has 1 aliphatic heterocycles. The summed E-state index contributed by atoms with van der Waals surface area (Å²) in [5.41, 5.74) is -0.898. The maximum atomic E-state index is 13.7. The number of aromatic nitrogens is 3. The third-order valence-corrected chi connectivity index (χ3v) is 6.39. The highest BCUT2D eigenvalue weighted by Gasteiger charge is 2.51. The number of carbonyl (C=O) groups is 1. The predicted molar refractivity (Wildman–Crippen MR) is 106 cm³/mol. The Morgan fingerprint density at radius 3 is 2.68 bits per heavy atom. The fraction of sp³-hybridized carbons (Fsp3) is 0.500. The van der Waals surface area contributed by atoms with Crippen LogP contribution in [0.2, 0.25) is 0 Å². The number of nitrogens with zero attached hydrogens (tertiary/aromatic N) is 4. The lowest BCUT2D eigenvalue weighted by molar-refractivity contribution is -0.142. The molecule has 0 aromatic carbocycles. The van der Waals surface area contributed by atoms with Crippen LogP contribution in [-0.4, -0.2) is 38.0 Å². The van der Waals surface area contributed by atoms with Crippen molar-refractivity contribution in [1.29, 1.82) is 0 Å². The molecule has 1 saturated carbocycles. The zero-order valence-corrected chi connectivity index (χ0v) is 17.5. The number of amides is 1. The molecule has 0 radical (unpaired) electrons. The van der Waals surface area contributed by atoms with Gasteiger partial charge in [0.05, 0.1) is 6.26 Å². The topological polar surface area (TPSA) is 63.6 Å². The lowest BCUT2D eigenvalue weighted by atomic mass is 9.65. The van der Waals surface area contributed by atoms with Crippen LogP contribution in [0.1, 0.15) is 56.2 Å². The van der Waals surface area contributed by atoms with Crippen molar-refractivity contribution in [2.24, 2.45) is 10.8 Å². The van der Waals surface area contributed by atoms with Gasteiger partial charge in [-0.2, -0.15) is 18.3 Å². The van der Waals surface area contributed by atoms with E-state index in [4.69, 9.17) is 4.42 Å². The fourth-order valence-electron chi connectivity index (χ4n) is 5.68. The van der Waals surface area contributed by atoms with E-state index in [0.717, 1.165) is 25.3 Å². The molecule has 2 fully saturated rings. The second-order valence-corrected chi connectivity index (χ2v) is 9.95. The van der Waals surface area contributed by atoms with Crippen molar-refractivity contribution in [1.82, 2.24) is 19.5 Å². The highest BCUT2D eigenvalue weighted by molar-refractivity contribution is 5.94. The average Bonchev–Trinajstić information content (AvgIpc) is 3.35. The van der Waals surface area contributed by atoms with E-state index in [9.17, 15) is 18.0 Å². The summed E-state index contributed by atoms with van der Waals surface area (Å²) in [5, 5.41) is 4.03. The molecule has 9 heteroatoms. The average molecular weight is 432 g/mol. The summed E-state index contributed by atoms with van der Waals surface area (Å²) in [6.07, 6.45) is -0.512. The molecule has 0 N–H and O–H groups in total. The highest BCUT2D eigenvalue weighted by atomic mass is 19.4. The molecule has 4 heterocycles. The summed E-state index contributed by atoms with van der Waals surface area (Å²) in [4.78, 5) is 19.4. The monoisotopic (exact) mass is 432 g/mol. The SMILES string of the molecule is CC1(C)C[C@@H]2C[C@](C)(CN2C(=O)c2cc3nc(-c4ccco4)cc(C(F)(F)F)n3n2)C1. The van der Waals surface area contributed by atoms with Crippen LogP contribution >= 0.6 is 0 Å². The van der Waals surface area contributed by atoms with Crippen LogP contribution in [0.5, 0.6) is 0 Å². The van der Waals surface area contributed by atoms with Crippen LogP contribution in [0.4, 0.5) is 13.2 Å². The molecule has 164 valence electrons. The first-order chi connectivity index (χ1) is 14.4. The highest BCUT2D eigenvalue weighted by Crippen LogP contribution is 2.52. The first kappa shape index (κ1) is 20.1. The van der Waals surface area contributed by atoms with Crippen molar-refractivity contribution in [2.75, 3.05) is 6.54 Å². The van der Waals surface area contributed by atoms with E-state index in [1.807, 2.05) is 0 Å². The first-order valence-electron chi connectivity index (χ1n) is 10.3. The summed E-state index contributed by atoms with van der Waals surface area (Å²) in [7, 11) is 0. The zero-order valence-electron chi connectivity index (χ0n) is 17.5. The van der Waals surface area contributed by atoms with Crippen LogP contribution < -0.4 is 0 Å². The third kappa shape index (κ3) is 3.40. The van der Waals surface area contributed by atoms with E-state index < -0.39 is 11.9 Å². The van der Waals surface area contributed by atoms with Crippen LogP contribution in [0.25, 0.3) is 17.1 Å². The molecule has 1 amide bonds. The lowest BCUT2D eigenvalue weighted by Crippen LogP contribution is -2.37. The second-order valence-electron chi connectivity index (χ2n) is 9.95. The van der Waals surface area contributed by atoms with Gasteiger partial charge in [-0.3, -0.25) is 4.79 Å². The Bertz CT molecular complexity index is 1170. The molecule has 2 bridgehead atoms. The van der Waals surface area contributed by atoms with Crippen molar-refractivity contribution in [3.63, 3.8) is 0 Å². The van der Waals surface area contributed by atoms with Gasteiger partial charge < -0.3 is 9.32 Å². The van der Waals surface area contributed by atoms with Crippen molar-refractivity contribution < 1.29 is 22.4 Å². The van der Waals surface area contributed by atoms with Crippen LogP contribution in [-0.2, 0) is 6.18 Å². The number of hydrogen-bond donors (Lipinski definition) is 0. The number of fused-ring (bicyclic) bond motifs is 3. The standard InChI is InChI=1S/C22H23F3N4O2/c1-20(2)9-13-10-21(3,11-20)12-28(13)19(30)15-8-18-26-14(16-5-4-6-31-16)7-17(22(23,24)25)29(18)27-15/h4-8,13H,9-12H2,1-3H3/t13-,21+/m1/s1. The Balaban J connectivity index is 1.56. The number of alkyl halides is 3. The minimum atomic E-state index is -4.67. The first-order valence-corrected chi connectivity index (χ1v) is 10.3. The van der Waals surface area contributed by atoms with E-state index in [1.165, 1.54) is 18.4 Å². The van der Waals surface area contributed by atoms with Gasteiger partial charge in [-0.05, 0) is 48.3 Å². The van der Waals surface area contributed by atoms with E-state index in [-0.39, 0.29) is 45.6 Å². The van der Waals surface area contributed by atoms with Crippen molar-refractivity contribution in [3.8, 4) is 11.5 Å². The van der Waals surface area contributed by atoms with Crippen LogP contribution in [0.3, 0.4) is 0 Å². The van der Waals surface area contributed by atoms with Gasteiger partial charge in [0.25, 0.3) is 5.91 Å². The Morgan fingerprint density at radius 1 is 1.23 bits per heavy atom. The van der Waals surface area contributed by atoms with E-state index in [2.05, 4.69) is 30.9 Å². The maximum absolute atomic E-state index is 13.7. The fourth-order valence-corrected chi connectivity index (χ4v) is 5.68. The van der Waals surface area contributed by atoms with Crippen LogP contribution in [0.15, 0.2) is 34.9 Å². The van der Waals surface area contributed by atoms with E-state index >= 15 is 0 Å². The summed E-state index contributed by atoms with van der Waals surface area (Å²) < 4.78 is 47.2. The van der Waals surface area contributed by atoms with Gasteiger partial charge in [0, 0.05) is 18.7 Å². The lowest BCUT2D eigenvalue weighted by Gasteiger charge is -2.39. The van der Waals surface area contributed by atoms with Gasteiger partial charge in [0.1, 0.15) is 5.69 Å². The Kier molecular flexibility index (Phi) is 4.11. The quantitative estimate of drug-likeness (QED) is 0.569. The van der Waals surface area contributed by atoms with Crippen molar-refractivity contribution in [3.05, 3.63) is 41.9 Å². The molecule has 2 aliphatic rings. The maximum Gasteiger partial charge on any atom is 0.433 e. The van der Waals surface area contributed by atoms with Gasteiger partial charge in [0.15, 0.2) is 22.8 Å². The minimum absolute atomic E-state index is 0.0169. The molecule has 3 aromatic heterocycles. The molecule has 0 unspecified atom stereocenters. The summed E-state index contributed by atoms with van der Waals surface area (Å²) in [6, 6.07) is 5.40. The van der Waals surface area contributed by atoms with Gasteiger partial charge in [-0.1, -0.05) is 20.8 Å². The molecule has 3 aromatic rings. The van der Waals surface area contributed by atoms with E-state index in [0.29, 0.717) is 11.1 Å². The Morgan fingerprint density at radius 2 is 2.00 bits per heavy atom. The largest absolute Gasteiger partial charge is 0.463 e. The molecule has 6 nitrogen and oxygen atoms in total. The smallest absolute Gasteiger partial charge is 0.433 e. The molecule has 2 atom stereocenters. The number of halogens is 3. The van der Waals surface area contributed by atoms with Crippen LogP contribution in [0, 0.1) is 10.8 Å². The number of likely N-dealkylation sites (tertiary alicyclic amines) is 1. The normalized spacial score (nSPS) is 25.4. The molecular formula is C22H23F3N4O2. The predicted octanol–water partition coefficient (Wildman–Crippen LogP) is 5.05.